The number of carbonyl (C=O) groups excluding carboxylic acids is 2. The van der Waals surface area contributed by atoms with Gasteiger partial charge >= 0.3 is 0 Å². The minimum absolute atomic E-state index is 0.334. The average molecular weight is 404 g/mol. The monoisotopic (exact) mass is 404 g/mol. The van der Waals surface area contributed by atoms with Crippen molar-refractivity contribution in [2.45, 2.75) is 20.0 Å². The molecule has 0 aliphatic heterocycles. The topological polar surface area (TPSA) is 76.7 Å². The van der Waals surface area contributed by atoms with Crippen molar-refractivity contribution in [3.63, 3.8) is 0 Å². The van der Waals surface area contributed by atoms with Crippen molar-refractivity contribution in [3.8, 4) is 11.5 Å². The number of aryl methyl sites for hydroxylation is 1. The lowest BCUT2D eigenvalue weighted by Gasteiger charge is -2.13. The zero-order valence-electron chi connectivity index (χ0n) is 17.0. The number of benzene rings is 3. The summed E-state index contributed by atoms with van der Waals surface area (Å²) in [6, 6.07) is 21.8. The molecule has 3 aromatic carbocycles. The molecule has 0 aliphatic rings. The summed E-state index contributed by atoms with van der Waals surface area (Å²) >= 11 is 0. The van der Waals surface area contributed by atoms with Crippen LogP contribution < -0.4 is 20.3 Å². The maximum Gasteiger partial charge on any atom is 0.269 e. The highest BCUT2D eigenvalue weighted by atomic mass is 16.5. The van der Waals surface area contributed by atoms with E-state index in [2.05, 4.69) is 10.9 Å². The van der Waals surface area contributed by atoms with Crippen LogP contribution in [-0.4, -0.2) is 18.9 Å². The van der Waals surface area contributed by atoms with Crippen LogP contribution in [0.3, 0.4) is 0 Å². The van der Waals surface area contributed by atoms with Crippen LogP contribution in [0.2, 0.25) is 0 Å². The normalized spacial score (nSPS) is 10.2. The van der Waals surface area contributed by atoms with Crippen LogP contribution in [0.25, 0.3) is 0 Å². The van der Waals surface area contributed by atoms with E-state index in [0.717, 1.165) is 17.5 Å². The largest absolute Gasteiger partial charge is 0.493 e. The summed E-state index contributed by atoms with van der Waals surface area (Å²) in [5, 5.41) is 0. The zero-order valence-corrected chi connectivity index (χ0v) is 17.0. The molecule has 0 radical (unpaired) electrons. The number of nitrogens with one attached hydrogen (secondary N) is 2. The lowest BCUT2D eigenvalue weighted by Crippen LogP contribution is -2.41. The van der Waals surface area contributed by atoms with Gasteiger partial charge in [-0.05, 0) is 47.9 Å². The fourth-order valence-corrected chi connectivity index (χ4v) is 2.81. The highest BCUT2D eigenvalue weighted by Crippen LogP contribution is 2.28. The lowest BCUT2D eigenvalue weighted by molar-refractivity contribution is 0.0846. The first-order valence-corrected chi connectivity index (χ1v) is 9.65. The van der Waals surface area contributed by atoms with E-state index in [9.17, 15) is 9.59 Å². The van der Waals surface area contributed by atoms with Crippen molar-refractivity contribution in [1.29, 1.82) is 0 Å². The van der Waals surface area contributed by atoms with Crippen LogP contribution >= 0.6 is 0 Å². The van der Waals surface area contributed by atoms with E-state index in [-0.39, 0.29) is 5.91 Å². The van der Waals surface area contributed by atoms with E-state index in [1.807, 2.05) is 49.4 Å². The van der Waals surface area contributed by atoms with Gasteiger partial charge in [-0.1, -0.05) is 49.4 Å². The summed E-state index contributed by atoms with van der Waals surface area (Å²) in [6.45, 7) is 2.43. The number of ether oxygens (including phenoxy) is 2. The molecule has 0 bridgehead atoms. The van der Waals surface area contributed by atoms with Gasteiger partial charge in [0.25, 0.3) is 11.8 Å². The van der Waals surface area contributed by atoms with E-state index in [4.69, 9.17) is 9.47 Å². The summed E-state index contributed by atoms with van der Waals surface area (Å²) in [5.41, 5.74) is 7.80. The van der Waals surface area contributed by atoms with Gasteiger partial charge in [0.1, 0.15) is 6.61 Å². The minimum atomic E-state index is -0.457. The number of rotatable bonds is 7. The third kappa shape index (κ3) is 5.38. The quantitative estimate of drug-likeness (QED) is 0.586. The standard InChI is InChI=1S/C24H24N2O4/c1-3-17-9-11-19(12-10-17)23(27)25-26-24(28)20-13-14-21(22(15-20)29-2)30-16-18-7-5-4-6-8-18/h4-15H,3,16H2,1-2H3,(H,25,27)(H,26,28). The molecule has 6 nitrogen and oxygen atoms in total. The van der Waals surface area contributed by atoms with Crippen LogP contribution in [0.1, 0.15) is 38.8 Å². The minimum Gasteiger partial charge on any atom is -0.493 e. The molecule has 0 saturated heterocycles. The molecule has 0 spiro atoms. The maximum absolute atomic E-state index is 12.4. The first-order valence-electron chi connectivity index (χ1n) is 9.65. The molecule has 154 valence electrons. The summed E-state index contributed by atoms with van der Waals surface area (Å²) in [6.07, 6.45) is 0.894. The van der Waals surface area contributed by atoms with Gasteiger partial charge < -0.3 is 9.47 Å². The first kappa shape index (κ1) is 20.9. The van der Waals surface area contributed by atoms with E-state index in [1.54, 1.807) is 30.3 Å². The van der Waals surface area contributed by atoms with Crippen molar-refractivity contribution in [1.82, 2.24) is 10.9 Å². The molecular weight excluding hydrogens is 380 g/mol. The maximum atomic E-state index is 12.4. The Bertz CT molecular complexity index is 1000. The Hall–Kier alpha value is -3.80. The zero-order chi connectivity index (χ0) is 21.3. The molecule has 6 heteroatoms. The highest BCUT2D eigenvalue weighted by molar-refractivity contribution is 5.99. The number of methoxy groups -OCH3 is 1. The fraction of sp³-hybridized carbons (Fsp3) is 0.167. The Balaban J connectivity index is 1.60. The van der Waals surface area contributed by atoms with Gasteiger partial charge in [-0.3, -0.25) is 20.4 Å². The fourth-order valence-electron chi connectivity index (χ4n) is 2.81. The van der Waals surface area contributed by atoms with Gasteiger partial charge in [0.2, 0.25) is 0 Å². The molecular formula is C24H24N2O4. The van der Waals surface area contributed by atoms with Crippen molar-refractivity contribution >= 4 is 11.8 Å². The molecule has 0 heterocycles. The van der Waals surface area contributed by atoms with Crippen molar-refractivity contribution in [2.75, 3.05) is 7.11 Å². The number of hydrazine groups is 1. The Kier molecular flexibility index (Phi) is 7.05. The molecule has 0 atom stereocenters. The summed E-state index contributed by atoms with van der Waals surface area (Å²) in [5.74, 6) is 0.111. The van der Waals surface area contributed by atoms with Crippen LogP contribution in [0.4, 0.5) is 0 Å². The third-order valence-electron chi connectivity index (χ3n) is 4.58. The van der Waals surface area contributed by atoms with Crippen LogP contribution in [0, 0.1) is 0 Å². The lowest BCUT2D eigenvalue weighted by atomic mass is 10.1. The van der Waals surface area contributed by atoms with Gasteiger partial charge in [0.15, 0.2) is 11.5 Å². The molecule has 3 aromatic rings. The summed E-state index contributed by atoms with van der Waals surface area (Å²) in [7, 11) is 1.51. The Labute approximate surface area is 175 Å². The predicted octanol–water partition coefficient (Wildman–Crippen LogP) is 3.91. The second kappa shape index (κ2) is 10.1. The molecule has 0 saturated carbocycles. The molecule has 0 fully saturated rings. The van der Waals surface area contributed by atoms with Crippen LogP contribution in [-0.2, 0) is 13.0 Å². The Morgan fingerprint density at radius 3 is 2.03 bits per heavy atom. The van der Waals surface area contributed by atoms with E-state index in [1.165, 1.54) is 7.11 Å². The summed E-state index contributed by atoms with van der Waals surface area (Å²) in [4.78, 5) is 24.6. The molecule has 2 N–H and O–H groups in total. The second-order valence-corrected chi connectivity index (χ2v) is 6.60. The van der Waals surface area contributed by atoms with E-state index < -0.39 is 5.91 Å². The van der Waals surface area contributed by atoms with Crippen LogP contribution in [0.15, 0.2) is 72.8 Å². The predicted molar refractivity (Wildman–Crippen MR) is 115 cm³/mol. The second-order valence-electron chi connectivity index (χ2n) is 6.60. The molecule has 0 aromatic heterocycles. The van der Waals surface area contributed by atoms with E-state index in [0.29, 0.717) is 29.2 Å². The third-order valence-corrected chi connectivity index (χ3v) is 4.58. The Morgan fingerprint density at radius 2 is 1.40 bits per heavy atom. The van der Waals surface area contributed by atoms with E-state index >= 15 is 0 Å². The number of hydrogen-bond donors (Lipinski definition) is 2. The van der Waals surface area contributed by atoms with Crippen molar-refractivity contribution < 1.29 is 19.1 Å². The number of amides is 2. The average Bonchev–Trinajstić information content (AvgIpc) is 2.81. The SMILES string of the molecule is CCc1ccc(C(=O)NNC(=O)c2ccc(OCc3ccccc3)c(OC)c2)cc1. The number of hydrogen-bond acceptors (Lipinski definition) is 4. The molecule has 0 unspecified atom stereocenters. The number of carbonyl (C=O) groups is 2. The van der Waals surface area contributed by atoms with Gasteiger partial charge in [0, 0.05) is 11.1 Å². The van der Waals surface area contributed by atoms with Crippen molar-refractivity contribution in [2.24, 2.45) is 0 Å². The van der Waals surface area contributed by atoms with Crippen LogP contribution in [0.5, 0.6) is 11.5 Å². The Morgan fingerprint density at radius 1 is 0.767 bits per heavy atom. The molecule has 30 heavy (non-hydrogen) atoms. The highest BCUT2D eigenvalue weighted by Gasteiger charge is 2.13. The molecule has 2 amide bonds. The molecule has 0 aliphatic carbocycles. The smallest absolute Gasteiger partial charge is 0.269 e. The van der Waals surface area contributed by atoms with Gasteiger partial charge in [-0.2, -0.15) is 0 Å². The molecule has 3 rings (SSSR count). The van der Waals surface area contributed by atoms with Gasteiger partial charge in [0.05, 0.1) is 7.11 Å². The van der Waals surface area contributed by atoms with Gasteiger partial charge in [-0.25, -0.2) is 0 Å². The van der Waals surface area contributed by atoms with Gasteiger partial charge in [-0.15, -0.1) is 0 Å². The van der Waals surface area contributed by atoms with Crippen molar-refractivity contribution in [3.05, 3.63) is 95.1 Å². The summed E-state index contributed by atoms with van der Waals surface area (Å²) < 4.78 is 11.1. The first-order chi connectivity index (χ1) is 14.6.